The van der Waals surface area contributed by atoms with Gasteiger partial charge in [-0.15, -0.1) is 0 Å². The Morgan fingerprint density at radius 1 is 1.26 bits per heavy atom. The normalized spacial score (nSPS) is 14.6. The topological polar surface area (TPSA) is 75.5 Å². The summed E-state index contributed by atoms with van der Waals surface area (Å²) in [5, 5.41) is 5.95. The highest BCUT2D eigenvalue weighted by Crippen LogP contribution is 2.41. The number of nitrogens with zero attached hydrogens (tertiary/aromatic N) is 2. The first kappa shape index (κ1) is 23.4. The lowest BCUT2D eigenvalue weighted by Gasteiger charge is -2.22. The molecule has 176 valence electrons. The fourth-order valence-electron chi connectivity index (χ4n) is 4.31. The number of halogens is 2. The maximum atomic E-state index is 14.8. The Kier molecular flexibility index (Phi) is 6.58. The lowest BCUT2D eigenvalue weighted by atomic mass is 9.99. The van der Waals surface area contributed by atoms with Crippen LogP contribution in [-0.2, 0) is 6.54 Å². The van der Waals surface area contributed by atoms with E-state index < -0.39 is 17.3 Å². The van der Waals surface area contributed by atoms with Gasteiger partial charge in [0, 0.05) is 18.1 Å². The molecule has 0 saturated heterocycles. The third-order valence-corrected chi connectivity index (χ3v) is 6.17. The highest BCUT2D eigenvalue weighted by molar-refractivity contribution is 6.08. The molecule has 1 saturated carbocycles. The van der Waals surface area contributed by atoms with Crippen LogP contribution in [0, 0.1) is 24.5 Å². The summed E-state index contributed by atoms with van der Waals surface area (Å²) in [4.78, 5) is 31.0. The average molecular weight is 465 g/mol. The van der Waals surface area contributed by atoms with Gasteiger partial charge in [-0.2, -0.15) is 0 Å². The second-order valence-electron chi connectivity index (χ2n) is 8.38. The van der Waals surface area contributed by atoms with Gasteiger partial charge >= 0.3 is 0 Å². The van der Waals surface area contributed by atoms with E-state index in [1.165, 1.54) is 35.0 Å². The standard InChI is InChI=1S/C26H26F2N4O2/c1-4-30-21(29-3)14-32-15(2)22(19-9-6-10-20(28)23(19)26(32)34)25(33)31-24(16-11-12-16)17-7-5-8-18(27)13-17/h4-10,13,16,24H,1,11-12,14H2,2-3H3,(H,29,30)(H,31,33)/t24-/m0/s1. The van der Waals surface area contributed by atoms with Gasteiger partial charge in [-0.3, -0.25) is 14.6 Å². The van der Waals surface area contributed by atoms with Gasteiger partial charge in [0.1, 0.15) is 17.5 Å². The maximum Gasteiger partial charge on any atom is 0.262 e. The Bertz CT molecular complexity index is 1360. The molecule has 34 heavy (non-hydrogen) atoms. The van der Waals surface area contributed by atoms with E-state index in [9.17, 15) is 18.4 Å². The minimum Gasteiger partial charge on any atom is -0.350 e. The molecule has 1 atom stereocenters. The summed E-state index contributed by atoms with van der Waals surface area (Å²) in [5.41, 5.74) is 0.692. The summed E-state index contributed by atoms with van der Waals surface area (Å²) < 4.78 is 30.0. The Morgan fingerprint density at radius 2 is 2.00 bits per heavy atom. The molecule has 4 rings (SSSR count). The van der Waals surface area contributed by atoms with Gasteiger partial charge < -0.3 is 15.2 Å². The molecule has 8 heteroatoms. The van der Waals surface area contributed by atoms with Crippen LogP contribution in [-0.4, -0.2) is 23.4 Å². The van der Waals surface area contributed by atoms with Crippen LogP contribution in [0.3, 0.4) is 0 Å². The molecule has 0 radical (unpaired) electrons. The Morgan fingerprint density at radius 3 is 2.65 bits per heavy atom. The molecule has 1 heterocycles. The van der Waals surface area contributed by atoms with Crippen molar-refractivity contribution in [1.82, 2.24) is 15.2 Å². The first-order chi connectivity index (χ1) is 16.3. The van der Waals surface area contributed by atoms with Crippen molar-refractivity contribution in [2.75, 3.05) is 7.05 Å². The fraction of sp³-hybridized carbons (Fsp3) is 0.269. The molecule has 0 bridgehead atoms. The summed E-state index contributed by atoms with van der Waals surface area (Å²) in [7, 11) is 1.56. The predicted octanol–water partition coefficient (Wildman–Crippen LogP) is 4.23. The second-order valence-corrected chi connectivity index (χ2v) is 8.38. The number of hydrogen-bond donors (Lipinski definition) is 2. The highest BCUT2D eigenvalue weighted by Gasteiger charge is 2.34. The van der Waals surface area contributed by atoms with E-state index in [1.807, 2.05) is 0 Å². The smallest absolute Gasteiger partial charge is 0.262 e. The molecule has 6 nitrogen and oxygen atoms in total. The summed E-state index contributed by atoms with van der Waals surface area (Å²) >= 11 is 0. The number of aromatic nitrogens is 1. The predicted molar refractivity (Wildman–Crippen MR) is 129 cm³/mol. The quantitative estimate of drug-likeness (QED) is 0.406. The molecule has 1 aliphatic carbocycles. The first-order valence-corrected chi connectivity index (χ1v) is 11.1. The van der Waals surface area contributed by atoms with Crippen LogP contribution in [0.4, 0.5) is 8.78 Å². The van der Waals surface area contributed by atoms with E-state index in [-0.39, 0.29) is 40.7 Å². The van der Waals surface area contributed by atoms with Gasteiger partial charge in [-0.25, -0.2) is 8.78 Å². The lowest BCUT2D eigenvalue weighted by Crippen LogP contribution is -2.36. The van der Waals surface area contributed by atoms with Crippen LogP contribution in [0.5, 0.6) is 0 Å². The minimum atomic E-state index is -0.708. The van der Waals surface area contributed by atoms with Crippen LogP contribution < -0.4 is 16.2 Å². The van der Waals surface area contributed by atoms with Crippen LogP contribution in [0.1, 0.15) is 40.5 Å². The van der Waals surface area contributed by atoms with Crippen molar-refractivity contribution in [2.45, 2.75) is 32.4 Å². The van der Waals surface area contributed by atoms with Crippen molar-refractivity contribution >= 4 is 22.5 Å². The van der Waals surface area contributed by atoms with Crippen molar-refractivity contribution < 1.29 is 13.6 Å². The molecule has 2 N–H and O–H groups in total. The molecule has 2 aromatic carbocycles. The van der Waals surface area contributed by atoms with E-state index in [0.29, 0.717) is 17.1 Å². The number of amidine groups is 1. The zero-order valence-electron chi connectivity index (χ0n) is 19.1. The number of fused-ring (bicyclic) bond motifs is 1. The molecular formula is C26H26F2N4O2. The van der Waals surface area contributed by atoms with Gasteiger partial charge in [0.15, 0.2) is 0 Å². The molecule has 1 amide bonds. The van der Waals surface area contributed by atoms with Crippen LogP contribution in [0.15, 0.2) is 65.0 Å². The molecule has 3 aromatic rings. The number of benzene rings is 2. The Hall–Kier alpha value is -3.81. The lowest BCUT2D eigenvalue weighted by molar-refractivity contribution is 0.0931. The van der Waals surface area contributed by atoms with Crippen LogP contribution in [0.25, 0.3) is 10.8 Å². The second kappa shape index (κ2) is 9.59. The third kappa shape index (κ3) is 4.48. The largest absolute Gasteiger partial charge is 0.350 e. The number of carbonyl (C=O) groups excluding carboxylic acids is 1. The van der Waals surface area contributed by atoms with Crippen LogP contribution in [0.2, 0.25) is 0 Å². The van der Waals surface area contributed by atoms with Gasteiger partial charge in [-0.05, 0) is 55.6 Å². The molecule has 0 unspecified atom stereocenters. The Balaban J connectivity index is 1.84. The summed E-state index contributed by atoms with van der Waals surface area (Å²) in [6.45, 7) is 5.26. The van der Waals surface area contributed by atoms with Gasteiger partial charge in [0.2, 0.25) is 0 Å². The maximum absolute atomic E-state index is 14.8. The minimum absolute atomic E-state index is 0.00763. The van der Waals surface area contributed by atoms with Crippen molar-refractivity contribution in [3.05, 3.63) is 94.1 Å². The summed E-state index contributed by atoms with van der Waals surface area (Å²) in [5.74, 6) is -0.917. The molecule has 1 aliphatic rings. The number of amides is 1. The van der Waals surface area contributed by atoms with E-state index in [2.05, 4.69) is 22.2 Å². The van der Waals surface area contributed by atoms with Gasteiger partial charge in [-0.1, -0.05) is 30.8 Å². The fourth-order valence-corrected chi connectivity index (χ4v) is 4.31. The zero-order valence-corrected chi connectivity index (χ0v) is 19.1. The molecule has 0 aliphatic heterocycles. The monoisotopic (exact) mass is 464 g/mol. The molecule has 1 fully saturated rings. The van der Waals surface area contributed by atoms with Gasteiger partial charge in [0.25, 0.3) is 11.5 Å². The van der Waals surface area contributed by atoms with E-state index in [0.717, 1.165) is 12.8 Å². The number of carbonyl (C=O) groups is 1. The van der Waals surface area contributed by atoms with Crippen molar-refractivity contribution in [3.8, 4) is 0 Å². The zero-order chi connectivity index (χ0) is 24.4. The summed E-state index contributed by atoms with van der Waals surface area (Å²) in [6, 6.07) is 10.0. The van der Waals surface area contributed by atoms with Crippen molar-refractivity contribution in [2.24, 2.45) is 10.9 Å². The Labute approximate surface area is 196 Å². The van der Waals surface area contributed by atoms with E-state index in [1.54, 1.807) is 32.2 Å². The third-order valence-electron chi connectivity index (χ3n) is 6.17. The highest BCUT2D eigenvalue weighted by atomic mass is 19.1. The number of rotatable bonds is 7. The first-order valence-electron chi connectivity index (χ1n) is 11.1. The van der Waals surface area contributed by atoms with E-state index >= 15 is 0 Å². The average Bonchev–Trinajstić information content (AvgIpc) is 3.64. The number of hydrogen-bond acceptors (Lipinski definition) is 3. The number of nitrogens with one attached hydrogen (secondary N) is 2. The van der Waals surface area contributed by atoms with Crippen LogP contribution >= 0.6 is 0 Å². The molecule has 0 spiro atoms. The number of aliphatic imine (C=N–C) groups is 1. The van der Waals surface area contributed by atoms with Crippen molar-refractivity contribution in [3.63, 3.8) is 0 Å². The molecule has 1 aromatic heterocycles. The molecular weight excluding hydrogens is 438 g/mol. The van der Waals surface area contributed by atoms with Gasteiger partial charge in [0.05, 0.1) is 23.5 Å². The number of pyridine rings is 1. The summed E-state index contributed by atoms with van der Waals surface area (Å²) in [6.07, 6.45) is 3.26. The van der Waals surface area contributed by atoms with Crippen molar-refractivity contribution in [1.29, 1.82) is 0 Å². The SMILES string of the molecule is C=CNC(Cn1c(C)c(C(=O)N[C@H](c2cccc(F)c2)C2CC2)c2cccc(F)c2c1=O)=NC. The van der Waals surface area contributed by atoms with E-state index in [4.69, 9.17) is 0 Å².